The van der Waals surface area contributed by atoms with Crippen molar-refractivity contribution < 1.29 is 18.0 Å². The first kappa shape index (κ1) is 21.1. The summed E-state index contributed by atoms with van der Waals surface area (Å²) >= 11 is 0. The molecule has 5 heteroatoms. The molecule has 128 valence electrons. The highest BCUT2D eigenvalue weighted by atomic mass is 28.4. The molecule has 0 radical (unpaired) electrons. The average Bonchev–Trinajstić information content (AvgIpc) is 2.46. The quantitative estimate of drug-likeness (QED) is 0.332. The van der Waals surface area contributed by atoms with Gasteiger partial charge in [0.15, 0.2) is 0 Å². The van der Waals surface area contributed by atoms with Gasteiger partial charge in [0.05, 0.1) is 0 Å². The third-order valence-electron chi connectivity index (χ3n) is 3.37. The van der Waals surface area contributed by atoms with Gasteiger partial charge in [0.25, 0.3) is 0 Å². The smallest absolute Gasteiger partial charge is 0.374 e. The topological polar surface area (TPSA) is 36.9 Å². The number of unbranched alkanes of at least 4 members (excludes halogenated alkanes) is 4. The zero-order chi connectivity index (χ0) is 16.0. The van der Waals surface area contributed by atoms with Crippen LogP contribution in [0.2, 0.25) is 0 Å². The summed E-state index contributed by atoms with van der Waals surface area (Å²) in [6, 6.07) is 0. The molecule has 1 unspecified atom stereocenters. The first-order valence-electron chi connectivity index (χ1n) is 8.74. The molecular weight excluding hydrogens is 284 g/mol. The van der Waals surface area contributed by atoms with Crippen LogP contribution in [0.5, 0.6) is 0 Å². The van der Waals surface area contributed by atoms with Crippen molar-refractivity contribution in [3.8, 4) is 0 Å². The van der Waals surface area contributed by atoms with Crippen LogP contribution in [0.1, 0.15) is 73.1 Å². The second-order valence-corrected chi connectivity index (χ2v) is 7.77. The summed E-state index contributed by atoms with van der Waals surface area (Å²) in [5.41, 5.74) is -0.0380. The minimum Gasteiger partial charge on any atom is -0.374 e. The van der Waals surface area contributed by atoms with Gasteiger partial charge in [0.1, 0.15) is 5.73 Å². The Balaban J connectivity index is 4.68. The lowest BCUT2D eigenvalue weighted by molar-refractivity contribution is -0.0102. The lowest BCUT2D eigenvalue weighted by Crippen LogP contribution is -2.57. The van der Waals surface area contributed by atoms with E-state index in [0.717, 1.165) is 12.8 Å². The number of hydrogen-bond donors (Lipinski definition) is 0. The van der Waals surface area contributed by atoms with Crippen molar-refractivity contribution in [1.82, 2.24) is 0 Å². The van der Waals surface area contributed by atoms with Crippen LogP contribution in [0, 0.1) is 0 Å². The van der Waals surface area contributed by atoms with E-state index in [9.17, 15) is 0 Å². The summed E-state index contributed by atoms with van der Waals surface area (Å²) in [6.07, 6.45) is 7.22. The Labute approximate surface area is 132 Å². The molecule has 0 amide bonds. The summed E-state index contributed by atoms with van der Waals surface area (Å²) in [6.45, 7) is 12.7. The predicted octanol–water partition coefficient (Wildman–Crippen LogP) is 4.34. The summed E-state index contributed by atoms with van der Waals surface area (Å²) in [5, 5.41) is 0. The van der Waals surface area contributed by atoms with Gasteiger partial charge in [0, 0.05) is 26.4 Å². The highest BCUT2D eigenvalue weighted by Gasteiger charge is 2.49. The molecule has 0 aromatic heterocycles. The lowest BCUT2D eigenvalue weighted by atomic mass is 10.1. The Kier molecular flexibility index (Phi) is 13.7. The lowest BCUT2D eigenvalue weighted by Gasteiger charge is -2.34. The fourth-order valence-electron chi connectivity index (χ4n) is 2.50. The van der Waals surface area contributed by atoms with Gasteiger partial charge in [-0.15, -0.1) is 0 Å². The molecule has 0 fully saturated rings. The van der Waals surface area contributed by atoms with E-state index in [1.54, 1.807) is 0 Å². The van der Waals surface area contributed by atoms with Gasteiger partial charge in [-0.2, -0.15) is 0 Å². The largest absolute Gasteiger partial charge is 0.531 e. The van der Waals surface area contributed by atoms with Crippen molar-refractivity contribution in [2.45, 2.75) is 78.9 Å². The standard InChI is InChI=1S/C16H36O4Si/c1-6-11-12-13-14-15-16(17-7-2)21(18-8-3,19-9-4)20-10-5/h16H,6-15H2,1-5H3. The molecule has 0 aromatic carbocycles. The van der Waals surface area contributed by atoms with Gasteiger partial charge < -0.3 is 18.0 Å². The third kappa shape index (κ3) is 8.31. The van der Waals surface area contributed by atoms with Crippen LogP contribution in [-0.2, 0) is 18.0 Å². The molecule has 0 N–H and O–H groups in total. The molecule has 21 heavy (non-hydrogen) atoms. The van der Waals surface area contributed by atoms with Crippen LogP contribution >= 0.6 is 0 Å². The molecule has 0 spiro atoms. The molecule has 0 aliphatic rings. The Morgan fingerprint density at radius 2 is 1.19 bits per heavy atom. The van der Waals surface area contributed by atoms with E-state index in [0.29, 0.717) is 26.4 Å². The van der Waals surface area contributed by atoms with Gasteiger partial charge >= 0.3 is 8.80 Å². The van der Waals surface area contributed by atoms with Gasteiger partial charge in [-0.1, -0.05) is 39.0 Å². The first-order valence-corrected chi connectivity index (χ1v) is 10.5. The molecule has 0 aliphatic carbocycles. The fourth-order valence-corrected chi connectivity index (χ4v) is 5.45. The van der Waals surface area contributed by atoms with Crippen molar-refractivity contribution in [3.63, 3.8) is 0 Å². The first-order chi connectivity index (χ1) is 10.2. The maximum Gasteiger partial charge on any atom is 0.531 e. The zero-order valence-corrected chi connectivity index (χ0v) is 15.8. The molecule has 0 bridgehead atoms. The van der Waals surface area contributed by atoms with Crippen LogP contribution in [0.4, 0.5) is 0 Å². The minimum atomic E-state index is -2.74. The SMILES string of the molecule is CCCCCCCC(OCC)[Si](OCC)(OCC)OCC. The number of rotatable bonds is 15. The van der Waals surface area contributed by atoms with Crippen molar-refractivity contribution in [1.29, 1.82) is 0 Å². The Morgan fingerprint density at radius 1 is 0.667 bits per heavy atom. The Bertz CT molecular complexity index is 209. The summed E-state index contributed by atoms with van der Waals surface area (Å²) in [7, 11) is -2.74. The summed E-state index contributed by atoms with van der Waals surface area (Å²) in [4.78, 5) is 0. The predicted molar refractivity (Wildman–Crippen MR) is 89.4 cm³/mol. The van der Waals surface area contributed by atoms with E-state index >= 15 is 0 Å². The monoisotopic (exact) mass is 320 g/mol. The van der Waals surface area contributed by atoms with Crippen LogP contribution in [0.3, 0.4) is 0 Å². The minimum absolute atomic E-state index is 0.0380. The molecule has 4 nitrogen and oxygen atoms in total. The van der Waals surface area contributed by atoms with E-state index in [4.69, 9.17) is 18.0 Å². The third-order valence-corrected chi connectivity index (χ3v) is 6.69. The Hall–Kier alpha value is 0.0569. The second kappa shape index (κ2) is 13.7. The fraction of sp³-hybridized carbons (Fsp3) is 1.00. The average molecular weight is 321 g/mol. The van der Waals surface area contributed by atoms with E-state index in [2.05, 4.69) is 6.92 Å². The van der Waals surface area contributed by atoms with Gasteiger partial charge in [-0.3, -0.25) is 0 Å². The van der Waals surface area contributed by atoms with Gasteiger partial charge in [-0.05, 0) is 34.1 Å². The van der Waals surface area contributed by atoms with Gasteiger partial charge in [0.2, 0.25) is 0 Å². The van der Waals surface area contributed by atoms with E-state index in [-0.39, 0.29) is 5.73 Å². The summed E-state index contributed by atoms with van der Waals surface area (Å²) < 4.78 is 23.9. The van der Waals surface area contributed by atoms with Gasteiger partial charge in [-0.25, -0.2) is 0 Å². The zero-order valence-electron chi connectivity index (χ0n) is 14.8. The second-order valence-electron chi connectivity index (χ2n) is 5.05. The number of hydrogen-bond acceptors (Lipinski definition) is 4. The van der Waals surface area contributed by atoms with Crippen molar-refractivity contribution in [2.75, 3.05) is 26.4 Å². The van der Waals surface area contributed by atoms with Crippen LogP contribution in [0.15, 0.2) is 0 Å². The van der Waals surface area contributed by atoms with E-state index in [1.807, 2.05) is 27.7 Å². The summed E-state index contributed by atoms with van der Waals surface area (Å²) in [5.74, 6) is 0. The van der Waals surface area contributed by atoms with Crippen molar-refractivity contribution in [3.05, 3.63) is 0 Å². The molecule has 0 aliphatic heterocycles. The number of ether oxygens (including phenoxy) is 1. The molecule has 0 saturated carbocycles. The molecule has 0 saturated heterocycles. The maximum atomic E-state index is 5.97. The molecule has 0 aromatic rings. The van der Waals surface area contributed by atoms with E-state index in [1.165, 1.54) is 25.7 Å². The van der Waals surface area contributed by atoms with Crippen molar-refractivity contribution in [2.24, 2.45) is 0 Å². The van der Waals surface area contributed by atoms with Crippen LogP contribution < -0.4 is 0 Å². The Morgan fingerprint density at radius 3 is 1.62 bits per heavy atom. The highest BCUT2D eigenvalue weighted by molar-refractivity contribution is 6.62. The van der Waals surface area contributed by atoms with E-state index < -0.39 is 8.80 Å². The van der Waals surface area contributed by atoms with Crippen LogP contribution in [-0.4, -0.2) is 41.0 Å². The molecule has 0 heterocycles. The maximum absolute atomic E-state index is 5.97. The molecule has 1 atom stereocenters. The van der Waals surface area contributed by atoms with Crippen LogP contribution in [0.25, 0.3) is 0 Å². The molecular formula is C16H36O4Si. The van der Waals surface area contributed by atoms with Crippen molar-refractivity contribution >= 4 is 8.80 Å². The molecule has 0 rings (SSSR count). The normalized spacial score (nSPS) is 13.6. The highest BCUT2D eigenvalue weighted by Crippen LogP contribution is 2.23.